The van der Waals surface area contributed by atoms with Crippen molar-refractivity contribution in [1.29, 1.82) is 0 Å². The van der Waals surface area contributed by atoms with Gasteiger partial charge in [0.2, 0.25) is 0 Å². The number of aliphatic imine (C=N–C) groups is 1. The van der Waals surface area contributed by atoms with Crippen LogP contribution < -0.4 is 15.5 Å². The van der Waals surface area contributed by atoms with Crippen LogP contribution in [0.4, 0.5) is 5.69 Å². The van der Waals surface area contributed by atoms with Crippen LogP contribution in [0.1, 0.15) is 26.3 Å². The molecule has 1 aliphatic rings. The second-order valence-corrected chi connectivity index (χ2v) is 7.93. The van der Waals surface area contributed by atoms with E-state index in [1.54, 1.807) is 0 Å². The summed E-state index contributed by atoms with van der Waals surface area (Å²) in [5, 5.41) is 17.4. The van der Waals surface area contributed by atoms with E-state index in [1.165, 1.54) is 11.3 Å². The van der Waals surface area contributed by atoms with Crippen LogP contribution in [0.25, 0.3) is 0 Å². The van der Waals surface area contributed by atoms with E-state index in [9.17, 15) is 5.11 Å². The van der Waals surface area contributed by atoms with Crippen molar-refractivity contribution in [3.05, 3.63) is 29.8 Å². The largest absolute Gasteiger partial charge is 0.387 e. The standard InChI is InChI=1S/C22H39N5O2.HI/c1-5-23-21(25-17-22(4,28)18-26-12-14-29-15-13-26)24-10-11-27(6-2)20-9-7-8-19(3)16-20;/h7-9,16,28H,5-6,10-15,17-18H2,1-4H3,(H2,23,24,25);1H. The Bertz CT molecular complexity index is 636. The lowest BCUT2D eigenvalue weighted by molar-refractivity contribution is -0.0179. The first-order chi connectivity index (χ1) is 13.9. The average molecular weight is 533 g/mol. The van der Waals surface area contributed by atoms with Gasteiger partial charge in [0.1, 0.15) is 0 Å². The zero-order chi connectivity index (χ0) is 21.1. The fourth-order valence-electron chi connectivity index (χ4n) is 3.49. The zero-order valence-electron chi connectivity index (χ0n) is 19.0. The highest BCUT2D eigenvalue weighted by molar-refractivity contribution is 14.0. The van der Waals surface area contributed by atoms with Crippen LogP contribution in [0.5, 0.6) is 0 Å². The summed E-state index contributed by atoms with van der Waals surface area (Å²) in [6, 6.07) is 8.58. The molecule has 7 nitrogen and oxygen atoms in total. The molecule has 1 saturated heterocycles. The third-order valence-corrected chi connectivity index (χ3v) is 5.01. The molecule has 0 radical (unpaired) electrons. The van der Waals surface area contributed by atoms with E-state index in [1.807, 2.05) is 13.8 Å². The van der Waals surface area contributed by atoms with Gasteiger partial charge in [0, 0.05) is 51.5 Å². The predicted octanol–water partition coefficient (Wildman–Crippen LogP) is 2.08. The lowest BCUT2D eigenvalue weighted by atomic mass is 10.1. The highest BCUT2D eigenvalue weighted by atomic mass is 127. The van der Waals surface area contributed by atoms with Crippen molar-refractivity contribution in [2.75, 3.05) is 70.5 Å². The van der Waals surface area contributed by atoms with E-state index >= 15 is 0 Å². The average Bonchev–Trinajstić information content (AvgIpc) is 2.70. The van der Waals surface area contributed by atoms with E-state index in [2.05, 4.69) is 63.5 Å². The van der Waals surface area contributed by atoms with Crippen molar-refractivity contribution in [1.82, 2.24) is 15.5 Å². The second-order valence-electron chi connectivity index (χ2n) is 7.93. The smallest absolute Gasteiger partial charge is 0.191 e. The molecule has 1 aliphatic heterocycles. The third kappa shape index (κ3) is 9.80. The van der Waals surface area contributed by atoms with Gasteiger partial charge >= 0.3 is 0 Å². The van der Waals surface area contributed by atoms with Gasteiger partial charge in [-0.25, -0.2) is 0 Å². The molecule has 0 bridgehead atoms. The van der Waals surface area contributed by atoms with Crippen molar-refractivity contribution < 1.29 is 9.84 Å². The number of aryl methyl sites for hydroxylation is 1. The minimum Gasteiger partial charge on any atom is -0.387 e. The number of nitrogens with one attached hydrogen (secondary N) is 2. The number of β-amino-alcohol motifs (C(OH)–C–C–N with tert-alkyl or cyclic N) is 1. The number of hydrogen-bond donors (Lipinski definition) is 3. The SMILES string of the molecule is CCNC(=NCC(C)(O)CN1CCOCC1)NCCN(CC)c1cccc(C)c1.I. The number of rotatable bonds is 10. The summed E-state index contributed by atoms with van der Waals surface area (Å²) in [7, 11) is 0. The highest BCUT2D eigenvalue weighted by Gasteiger charge is 2.25. The van der Waals surface area contributed by atoms with Gasteiger partial charge < -0.3 is 25.4 Å². The van der Waals surface area contributed by atoms with Crippen molar-refractivity contribution in [2.24, 2.45) is 4.99 Å². The normalized spacial score (nSPS) is 17.0. The number of hydrogen-bond acceptors (Lipinski definition) is 5. The number of guanidine groups is 1. The summed E-state index contributed by atoms with van der Waals surface area (Å²) in [6.07, 6.45) is 0. The number of nitrogens with zero attached hydrogens (tertiary/aromatic N) is 3. The van der Waals surface area contributed by atoms with Gasteiger partial charge in [-0.3, -0.25) is 9.89 Å². The lowest BCUT2D eigenvalue weighted by Crippen LogP contribution is -2.48. The molecule has 0 aromatic heterocycles. The van der Waals surface area contributed by atoms with Crippen molar-refractivity contribution in [3.63, 3.8) is 0 Å². The molecule has 8 heteroatoms. The minimum absolute atomic E-state index is 0. The van der Waals surface area contributed by atoms with Crippen LogP contribution in [0.2, 0.25) is 0 Å². The van der Waals surface area contributed by atoms with E-state index < -0.39 is 5.60 Å². The lowest BCUT2D eigenvalue weighted by Gasteiger charge is -2.33. The van der Waals surface area contributed by atoms with Gasteiger partial charge in [-0.2, -0.15) is 0 Å². The molecular formula is C22H40IN5O2. The quantitative estimate of drug-likeness (QED) is 0.243. The molecular weight excluding hydrogens is 493 g/mol. The zero-order valence-corrected chi connectivity index (χ0v) is 21.3. The van der Waals surface area contributed by atoms with Gasteiger partial charge in [0.15, 0.2) is 5.96 Å². The van der Waals surface area contributed by atoms with Crippen LogP contribution in [-0.2, 0) is 4.74 Å². The van der Waals surface area contributed by atoms with Crippen LogP contribution in [-0.4, -0.2) is 87.1 Å². The van der Waals surface area contributed by atoms with Gasteiger partial charge in [-0.1, -0.05) is 12.1 Å². The van der Waals surface area contributed by atoms with Crippen molar-refractivity contribution in [3.8, 4) is 0 Å². The first-order valence-corrected chi connectivity index (χ1v) is 10.8. The molecule has 2 rings (SSSR count). The molecule has 3 N–H and O–H groups in total. The van der Waals surface area contributed by atoms with E-state index in [0.29, 0.717) is 13.1 Å². The number of anilines is 1. The molecule has 0 amide bonds. The Balaban J connectivity index is 0.00000450. The molecule has 1 heterocycles. The maximum absolute atomic E-state index is 10.8. The summed E-state index contributed by atoms with van der Waals surface area (Å²) in [5.41, 5.74) is 1.65. The first-order valence-electron chi connectivity index (χ1n) is 10.8. The van der Waals surface area contributed by atoms with E-state index in [4.69, 9.17) is 4.74 Å². The molecule has 172 valence electrons. The molecule has 0 aliphatic carbocycles. The predicted molar refractivity (Wildman–Crippen MR) is 136 cm³/mol. The number of morpholine rings is 1. The molecule has 1 unspecified atom stereocenters. The third-order valence-electron chi connectivity index (χ3n) is 5.01. The Morgan fingerprint density at radius 3 is 2.63 bits per heavy atom. The van der Waals surface area contributed by atoms with Crippen LogP contribution >= 0.6 is 24.0 Å². The van der Waals surface area contributed by atoms with Gasteiger partial charge in [0.25, 0.3) is 0 Å². The van der Waals surface area contributed by atoms with Crippen LogP contribution in [0.3, 0.4) is 0 Å². The molecule has 1 aromatic carbocycles. The Labute approximate surface area is 199 Å². The van der Waals surface area contributed by atoms with Gasteiger partial charge in [-0.15, -0.1) is 24.0 Å². The summed E-state index contributed by atoms with van der Waals surface area (Å²) in [4.78, 5) is 9.21. The molecule has 0 saturated carbocycles. The van der Waals surface area contributed by atoms with Crippen LogP contribution in [0, 0.1) is 6.92 Å². The Morgan fingerprint density at radius 1 is 1.27 bits per heavy atom. The fraction of sp³-hybridized carbons (Fsp3) is 0.682. The topological polar surface area (TPSA) is 72.4 Å². The molecule has 1 atom stereocenters. The minimum atomic E-state index is -0.864. The highest BCUT2D eigenvalue weighted by Crippen LogP contribution is 2.15. The Hall–Kier alpha value is -1.10. The van der Waals surface area contributed by atoms with Gasteiger partial charge in [-0.05, 0) is 45.4 Å². The summed E-state index contributed by atoms with van der Waals surface area (Å²) in [5.74, 6) is 0.745. The van der Waals surface area contributed by atoms with E-state index in [0.717, 1.165) is 58.4 Å². The number of aliphatic hydroxyl groups is 1. The number of likely N-dealkylation sites (N-methyl/N-ethyl adjacent to an activating group) is 1. The van der Waals surface area contributed by atoms with Crippen molar-refractivity contribution in [2.45, 2.75) is 33.3 Å². The summed E-state index contributed by atoms with van der Waals surface area (Å²) >= 11 is 0. The molecule has 1 aromatic rings. The Morgan fingerprint density at radius 2 is 2.00 bits per heavy atom. The first kappa shape index (κ1) is 26.9. The summed E-state index contributed by atoms with van der Waals surface area (Å²) in [6.45, 7) is 15.8. The second kappa shape index (κ2) is 14.1. The van der Waals surface area contributed by atoms with Gasteiger partial charge in [0.05, 0.1) is 25.4 Å². The monoisotopic (exact) mass is 533 g/mol. The van der Waals surface area contributed by atoms with E-state index in [-0.39, 0.29) is 24.0 Å². The number of benzene rings is 1. The Kier molecular flexibility index (Phi) is 12.6. The van der Waals surface area contributed by atoms with Crippen LogP contribution in [0.15, 0.2) is 29.3 Å². The fourth-order valence-corrected chi connectivity index (χ4v) is 3.49. The summed E-state index contributed by atoms with van der Waals surface area (Å²) < 4.78 is 5.38. The molecule has 1 fully saturated rings. The number of ether oxygens (including phenoxy) is 1. The maximum atomic E-state index is 10.8. The molecule has 30 heavy (non-hydrogen) atoms. The van der Waals surface area contributed by atoms with Crippen molar-refractivity contribution >= 4 is 35.6 Å². The molecule has 0 spiro atoms. The number of halogens is 1. The maximum Gasteiger partial charge on any atom is 0.191 e.